The van der Waals surface area contributed by atoms with Gasteiger partial charge >= 0.3 is 7.48 Å². The summed E-state index contributed by atoms with van der Waals surface area (Å²) in [5.41, 5.74) is 1.11. The maximum absolute atomic E-state index is 10.3. The predicted molar refractivity (Wildman–Crippen MR) is 109 cm³/mol. The minimum atomic E-state index is -0.938. The number of hydrogen-bond donors (Lipinski definition) is 1. The normalized spacial score (nSPS) is 13.0. The molecule has 0 aliphatic heterocycles. The quantitative estimate of drug-likeness (QED) is 0.561. The third-order valence-electron chi connectivity index (χ3n) is 5.51. The molecular formula is C22H23BO3. The van der Waals surface area contributed by atoms with E-state index in [-0.39, 0.29) is 0 Å². The summed E-state index contributed by atoms with van der Waals surface area (Å²) >= 11 is 0. The fourth-order valence-electron chi connectivity index (χ4n) is 3.09. The fraction of sp³-hybridized carbons (Fsp3) is 0.273. The molecule has 0 spiro atoms. The van der Waals surface area contributed by atoms with Gasteiger partial charge in [0.15, 0.2) is 0 Å². The molecule has 0 amide bonds. The standard InChI is InChI=1S/C22H23BO3/c1-21(2,24)22(3,4)26-23-18-11-7-10-16-17-12-14-8-5-6-9-15(14)13-19(17)25-20(16)18/h5-13,23-24H,1-4H3. The van der Waals surface area contributed by atoms with Crippen LogP contribution in [0.5, 0.6) is 0 Å². The van der Waals surface area contributed by atoms with Gasteiger partial charge in [0.05, 0.1) is 11.2 Å². The van der Waals surface area contributed by atoms with Gasteiger partial charge in [0.25, 0.3) is 0 Å². The smallest absolute Gasteiger partial charge is 0.313 e. The topological polar surface area (TPSA) is 42.6 Å². The van der Waals surface area contributed by atoms with Gasteiger partial charge in [-0.3, -0.25) is 0 Å². The van der Waals surface area contributed by atoms with E-state index in [0.717, 1.165) is 27.4 Å². The molecule has 26 heavy (non-hydrogen) atoms. The molecule has 1 heterocycles. The van der Waals surface area contributed by atoms with Gasteiger partial charge in [-0.2, -0.15) is 0 Å². The van der Waals surface area contributed by atoms with E-state index in [0.29, 0.717) is 7.48 Å². The molecule has 1 N–H and O–H groups in total. The first kappa shape index (κ1) is 17.1. The number of furan rings is 1. The molecule has 0 aliphatic carbocycles. The molecular weight excluding hydrogens is 323 g/mol. The summed E-state index contributed by atoms with van der Waals surface area (Å²) in [6, 6.07) is 18.7. The first-order valence-corrected chi connectivity index (χ1v) is 8.95. The monoisotopic (exact) mass is 346 g/mol. The molecule has 0 unspecified atom stereocenters. The van der Waals surface area contributed by atoms with Gasteiger partial charge in [-0.1, -0.05) is 42.5 Å². The number of aliphatic hydroxyl groups is 1. The van der Waals surface area contributed by atoms with Crippen molar-refractivity contribution in [3.05, 3.63) is 54.6 Å². The Hall–Kier alpha value is -2.30. The van der Waals surface area contributed by atoms with Crippen LogP contribution in [0.4, 0.5) is 0 Å². The maximum atomic E-state index is 10.3. The molecule has 4 rings (SSSR count). The molecule has 132 valence electrons. The van der Waals surface area contributed by atoms with Crippen molar-refractivity contribution < 1.29 is 14.2 Å². The third-order valence-corrected chi connectivity index (χ3v) is 5.51. The molecule has 0 bridgehead atoms. The summed E-state index contributed by atoms with van der Waals surface area (Å²) in [4.78, 5) is 0. The average molecular weight is 346 g/mol. The molecule has 0 fully saturated rings. The third kappa shape index (κ3) is 2.79. The lowest BCUT2D eigenvalue weighted by Gasteiger charge is -2.37. The molecule has 3 aromatic carbocycles. The summed E-state index contributed by atoms with van der Waals surface area (Å²) < 4.78 is 12.3. The van der Waals surface area contributed by atoms with Crippen molar-refractivity contribution in [2.75, 3.05) is 0 Å². The largest absolute Gasteiger partial charge is 0.457 e. The summed E-state index contributed by atoms with van der Waals surface area (Å²) in [5.74, 6) is 0. The molecule has 0 atom stereocenters. The Bertz CT molecular complexity index is 1100. The van der Waals surface area contributed by atoms with E-state index in [1.807, 2.05) is 32.0 Å². The summed E-state index contributed by atoms with van der Waals surface area (Å²) in [7, 11) is 0.383. The van der Waals surface area contributed by atoms with Gasteiger partial charge in [-0.25, -0.2) is 0 Å². The van der Waals surface area contributed by atoms with E-state index < -0.39 is 11.2 Å². The fourth-order valence-corrected chi connectivity index (χ4v) is 3.09. The van der Waals surface area contributed by atoms with Gasteiger partial charge in [0.2, 0.25) is 0 Å². The molecule has 4 heteroatoms. The zero-order valence-electron chi connectivity index (χ0n) is 15.7. The maximum Gasteiger partial charge on any atom is 0.313 e. The van der Waals surface area contributed by atoms with Crippen molar-refractivity contribution >= 4 is 45.7 Å². The lowest BCUT2D eigenvalue weighted by Crippen LogP contribution is -2.49. The van der Waals surface area contributed by atoms with Crippen LogP contribution >= 0.6 is 0 Å². The van der Waals surface area contributed by atoms with E-state index in [4.69, 9.17) is 9.07 Å². The molecule has 0 radical (unpaired) electrons. The number of rotatable bonds is 4. The van der Waals surface area contributed by atoms with Gasteiger partial charge in [0, 0.05) is 10.8 Å². The van der Waals surface area contributed by atoms with Gasteiger partial charge in [-0.15, -0.1) is 0 Å². The van der Waals surface area contributed by atoms with Gasteiger partial charge in [0.1, 0.15) is 11.2 Å². The van der Waals surface area contributed by atoms with E-state index >= 15 is 0 Å². The molecule has 0 saturated carbocycles. The van der Waals surface area contributed by atoms with Crippen molar-refractivity contribution in [1.82, 2.24) is 0 Å². The highest BCUT2D eigenvalue weighted by Crippen LogP contribution is 2.31. The van der Waals surface area contributed by atoms with Gasteiger partial charge < -0.3 is 14.2 Å². The van der Waals surface area contributed by atoms with Crippen LogP contribution in [0.2, 0.25) is 0 Å². The predicted octanol–water partition coefficient (Wildman–Crippen LogP) is 4.28. The Kier molecular flexibility index (Phi) is 3.87. The first-order valence-electron chi connectivity index (χ1n) is 8.95. The Morgan fingerprint density at radius 3 is 2.27 bits per heavy atom. The Balaban J connectivity index is 1.80. The van der Waals surface area contributed by atoms with Crippen LogP contribution in [0.25, 0.3) is 32.7 Å². The van der Waals surface area contributed by atoms with Crippen molar-refractivity contribution in [3.63, 3.8) is 0 Å². The second-order valence-corrected chi connectivity index (χ2v) is 7.95. The molecule has 0 aliphatic rings. The number of benzene rings is 3. The summed E-state index contributed by atoms with van der Waals surface area (Å²) in [6.07, 6.45) is 0. The summed E-state index contributed by atoms with van der Waals surface area (Å²) in [5, 5.41) is 14.9. The number of para-hydroxylation sites is 1. The molecule has 3 nitrogen and oxygen atoms in total. The van der Waals surface area contributed by atoms with Crippen molar-refractivity contribution in [2.24, 2.45) is 0 Å². The Morgan fingerprint density at radius 1 is 0.885 bits per heavy atom. The molecule has 1 aromatic heterocycles. The highest BCUT2D eigenvalue weighted by molar-refractivity contribution is 6.51. The summed E-state index contributed by atoms with van der Waals surface area (Å²) in [6.45, 7) is 7.33. The molecule has 0 saturated heterocycles. The second kappa shape index (κ2) is 5.87. The first-order chi connectivity index (χ1) is 12.3. The lowest BCUT2D eigenvalue weighted by molar-refractivity contribution is -0.0893. The van der Waals surface area contributed by atoms with E-state index in [2.05, 4.69) is 36.4 Å². The highest BCUT2D eigenvalue weighted by Gasteiger charge is 2.35. The zero-order chi connectivity index (χ0) is 18.5. The number of fused-ring (bicyclic) bond motifs is 4. The highest BCUT2D eigenvalue weighted by atomic mass is 16.5. The Morgan fingerprint density at radius 2 is 1.58 bits per heavy atom. The zero-order valence-corrected chi connectivity index (χ0v) is 15.7. The lowest BCUT2D eigenvalue weighted by atomic mass is 9.82. The number of hydrogen-bond acceptors (Lipinski definition) is 3. The van der Waals surface area contributed by atoms with Crippen molar-refractivity contribution in [1.29, 1.82) is 0 Å². The second-order valence-electron chi connectivity index (χ2n) is 7.95. The van der Waals surface area contributed by atoms with Crippen molar-refractivity contribution in [2.45, 2.75) is 38.9 Å². The van der Waals surface area contributed by atoms with Crippen LogP contribution in [0.3, 0.4) is 0 Å². The van der Waals surface area contributed by atoms with Crippen LogP contribution < -0.4 is 5.46 Å². The minimum absolute atomic E-state index is 0.383. The molecule has 4 aromatic rings. The van der Waals surface area contributed by atoms with Crippen LogP contribution in [0.1, 0.15) is 27.7 Å². The average Bonchev–Trinajstić information content (AvgIpc) is 2.95. The van der Waals surface area contributed by atoms with Crippen LogP contribution in [-0.4, -0.2) is 23.8 Å². The Labute approximate surface area is 153 Å². The van der Waals surface area contributed by atoms with E-state index in [9.17, 15) is 5.11 Å². The SMILES string of the molecule is CC(C)(O)C(C)(C)OBc1cccc2c1oc1cc3ccccc3cc12. The van der Waals surface area contributed by atoms with Crippen molar-refractivity contribution in [3.8, 4) is 0 Å². The minimum Gasteiger partial charge on any atom is -0.457 e. The van der Waals surface area contributed by atoms with Gasteiger partial charge in [-0.05, 0) is 56.1 Å². The van der Waals surface area contributed by atoms with Crippen LogP contribution in [0.15, 0.2) is 59.0 Å². The van der Waals surface area contributed by atoms with E-state index in [1.54, 1.807) is 13.8 Å². The van der Waals surface area contributed by atoms with E-state index in [1.165, 1.54) is 10.8 Å². The van der Waals surface area contributed by atoms with Crippen LogP contribution in [0, 0.1) is 0 Å². The van der Waals surface area contributed by atoms with Crippen LogP contribution in [-0.2, 0) is 4.65 Å².